The predicted octanol–water partition coefficient (Wildman–Crippen LogP) is -2.71. The second-order valence-corrected chi connectivity index (χ2v) is 11.3. The summed E-state index contributed by atoms with van der Waals surface area (Å²) in [5, 5.41) is 29.7. The topological polar surface area (TPSA) is 227 Å². The average molecular weight is 528 g/mol. The predicted molar refractivity (Wildman–Crippen MR) is 100 cm³/mol. The van der Waals surface area contributed by atoms with Crippen LogP contribution in [0.3, 0.4) is 0 Å². The maximum absolute atomic E-state index is 10.9. The van der Waals surface area contributed by atoms with E-state index in [1.807, 2.05) is 0 Å². The molecule has 0 saturated carbocycles. The maximum atomic E-state index is 10.9. The Morgan fingerprint density at radius 2 is 0.645 bits per heavy atom. The number of aliphatic carboxylic acids is 3. The second kappa shape index (κ2) is 18.9. The minimum absolute atomic E-state index is 0. The molecular weight excluding hydrogens is 504 g/mol. The Balaban J connectivity index is -0.000000174. The van der Waals surface area contributed by atoms with Crippen molar-refractivity contribution in [3.05, 3.63) is 0 Å². The van der Waals surface area contributed by atoms with E-state index in [2.05, 4.69) is 27.1 Å². The molecule has 0 aromatic carbocycles. The summed E-state index contributed by atoms with van der Waals surface area (Å²) in [5.74, 6) is -4.36. The van der Waals surface area contributed by atoms with E-state index in [0.717, 1.165) is 42.7 Å². The average Bonchev–Trinajstić information content (AvgIpc) is 2.67. The third-order valence-corrected chi connectivity index (χ3v) is 7.91. The summed E-state index contributed by atoms with van der Waals surface area (Å²) < 4.78 is 58.5. The summed E-state index contributed by atoms with van der Waals surface area (Å²) in [6, 6.07) is 0. The quantitative estimate of drug-likeness (QED) is 0.185. The molecule has 0 N–H and O–H groups in total. The van der Waals surface area contributed by atoms with Gasteiger partial charge in [-0.3, -0.25) is 13.7 Å². The van der Waals surface area contributed by atoms with Gasteiger partial charge in [0.05, 0.1) is 36.4 Å². The van der Waals surface area contributed by atoms with Gasteiger partial charge < -0.3 is 56.8 Å². The molecular formula is C12H24AlO15P3. The molecule has 0 amide bonds. The van der Waals surface area contributed by atoms with Gasteiger partial charge >= 0.3 is 40.1 Å². The van der Waals surface area contributed by atoms with Gasteiger partial charge in [-0.2, -0.15) is 0 Å². The van der Waals surface area contributed by atoms with Crippen molar-refractivity contribution in [2.75, 3.05) is 61.1 Å². The molecule has 31 heavy (non-hydrogen) atoms. The van der Waals surface area contributed by atoms with E-state index in [1.165, 1.54) is 0 Å². The Bertz CT molecular complexity index is 568. The Morgan fingerprint density at radius 1 is 0.516 bits per heavy atom. The SMILES string of the molecule is COP(=O)(CC(=O)[O-])OC.COP(=O)(CC(=O)[O-])OC.COP(=O)(CC(=O)[O-])OC.[Al+3]. The van der Waals surface area contributed by atoms with Crippen LogP contribution >= 0.6 is 22.8 Å². The van der Waals surface area contributed by atoms with Crippen molar-refractivity contribution in [3.8, 4) is 0 Å². The third kappa shape index (κ3) is 21.0. The van der Waals surface area contributed by atoms with Gasteiger partial charge in [-0.1, -0.05) is 0 Å². The van der Waals surface area contributed by atoms with Crippen molar-refractivity contribution in [3.63, 3.8) is 0 Å². The number of carboxylic acid groups (broad SMARTS) is 3. The molecule has 0 aliphatic rings. The fraction of sp³-hybridized carbons (Fsp3) is 0.750. The van der Waals surface area contributed by atoms with E-state index < -0.39 is 59.2 Å². The molecule has 19 heteroatoms. The number of carbonyl (C=O) groups is 3. The molecule has 0 aromatic rings. The van der Waals surface area contributed by atoms with Crippen LogP contribution in [0.15, 0.2) is 0 Å². The van der Waals surface area contributed by atoms with Crippen LogP contribution in [0, 0.1) is 0 Å². The second-order valence-electron chi connectivity index (χ2n) is 4.52. The van der Waals surface area contributed by atoms with Gasteiger partial charge in [0, 0.05) is 42.7 Å². The van der Waals surface area contributed by atoms with Crippen LogP contribution in [0.1, 0.15) is 0 Å². The van der Waals surface area contributed by atoms with Crippen molar-refractivity contribution in [2.45, 2.75) is 0 Å². The van der Waals surface area contributed by atoms with Crippen LogP contribution in [0.4, 0.5) is 0 Å². The number of rotatable bonds is 12. The zero-order valence-corrected chi connectivity index (χ0v) is 21.5. The zero-order chi connectivity index (χ0) is 24.6. The molecule has 0 spiro atoms. The molecule has 0 atom stereocenters. The first-order valence-corrected chi connectivity index (χ1v) is 12.5. The summed E-state index contributed by atoms with van der Waals surface area (Å²) in [7, 11) is -3.49. The summed E-state index contributed by atoms with van der Waals surface area (Å²) in [4.78, 5) is 29.7. The van der Waals surface area contributed by atoms with Gasteiger partial charge in [-0.25, -0.2) is 0 Å². The van der Waals surface area contributed by atoms with Crippen LogP contribution in [-0.4, -0.2) is 96.4 Å². The van der Waals surface area contributed by atoms with Crippen molar-refractivity contribution < 1.29 is 70.5 Å². The van der Waals surface area contributed by atoms with E-state index >= 15 is 0 Å². The molecule has 0 rings (SSSR count). The molecule has 15 nitrogen and oxygen atoms in total. The van der Waals surface area contributed by atoms with Crippen molar-refractivity contribution >= 4 is 58.1 Å². The van der Waals surface area contributed by atoms with Gasteiger partial charge in [0.25, 0.3) is 0 Å². The van der Waals surface area contributed by atoms with Gasteiger partial charge in [0.15, 0.2) is 0 Å². The summed E-state index contributed by atoms with van der Waals surface area (Å²) in [5.41, 5.74) is 0. The molecule has 0 aliphatic carbocycles. The first-order valence-electron chi connectivity index (χ1n) is 7.33. The van der Waals surface area contributed by atoms with Gasteiger partial charge in [-0.15, -0.1) is 0 Å². The molecule has 0 saturated heterocycles. The Labute approximate surface area is 190 Å². The normalized spacial score (nSPS) is 11.0. The van der Waals surface area contributed by atoms with Crippen LogP contribution in [0.2, 0.25) is 0 Å². The third-order valence-electron chi connectivity index (χ3n) is 2.64. The van der Waals surface area contributed by atoms with E-state index in [0.29, 0.717) is 0 Å². The number of carbonyl (C=O) groups excluding carboxylic acids is 3. The molecule has 0 unspecified atom stereocenters. The molecule has 0 aliphatic heterocycles. The minimum atomic E-state index is -3.40. The van der Waals surface area contributed by atoms with Crippen LogP contribution in [0.5, 0.6) is 0 Å². The molecule has 0 radical (unpaired) electrons. The van der Waals surface area contributed by atoms with E-state index in [-0.39, 0.29) is 17.4 Å². The largest absolute Gasteiger partial charge is 3.00 e. The molecule has 0 bridgehead atoms. The fourth-order valence-corrected chi connectivity index (χ4v) is 3.26. The summed E-state index contributed by atoms with van der Waals surface area (Å²) in [6.07, 6.45) is -2.13. The monoisotopic (exact) mass is 528 g/mol. The molecule has 0 fully saturated rings. The Kier molecular flexibility index (Phi) is 23.0. The number of carboxylic acids is 3. The number of hydrogen-bond donors (Lipinski definition) is 0. The minimum Gasteiger partial charge on any atom is -0.549 e. The van der Waals surface area contributed by atoms with Crippen molar-refractivity contribution in [1.82, 2.24) is 0 Å². The van der Waals surface area contributed by atoms with Crippen LogP contribution in [0.25, 0.3) is 0 Å². The van der Waals surface area contributed by atoms with Gasteiger partial charge in [0.2, 0.25) is 0 Å². The first kappa shape index (κ1) is 37.7. The van der Waals surface area contributed by atoms with E-state index in [4.69, 9.17) is 0 Å². The van der Waals surface area contributed by atoms with Crippen LogP contribution in [-0.2, 0) is 55.2 Å². The van der Waals surface area contributed by atoms with Crippen LogP contribution < -0.4 is 15.3 Å². The van der Waals surface area contributed by atoms with E-state index in [1.54, 1.807) is 0 Å². The maximum Gasteiger partial charge on any atom is 3.00 e. The Hall–Kier alpha value is -0.608. The fourth-order valence-electron chi connectivity index (χ4n) is 1.09. The summed E-state index contributed by atoms with van der Waals surface area (Å²) in [6.45, 7) is 0. The van der Waals surface area contributed by atoms with Gasteiger partial charge in [0.1, 0.15) is 0 Å². The smallest absolute Gasteiger partial charge is 0.549 e. The molecule has 180 valence electrons. The Morgan fingerprint density at radius 3 is 0.677 bits per heavy atom. The first-order chi connectivity index (χ1) is 13.6. The standard InChI is InChI=1S/3C4H9O5P.Al/c3*1-8-10(7,9-2)3-4(5)6;/h3*3H2,1-2H3,(H,5,6);/q;;;+3/p-3. The van der Waals surface area contributed by atoms with Gasteiger partial charge in [-0.05, 0) is 0 Å². The molecule has 0 heterocycles. The van der Waals surface area contributed by atoms with E-state index in [9.17, 15) is 43.4 Å². The molecule has 0 aromatic heterocycles. The van der Waals surface area contributed by atoms with Crippen molar-refractivity contribution in [1.29, 1.82) is 0 Å². The van der Waals surface area contributed by atoms with Crippen molar-refractivity contribution in [2.24, 2.45) is 0 Å². The zero-order valence-electron chi connectivity index (χ0n) is 17.7. The number of hydrogen-bond acceptors (Lipinski definition) is 15. The summed E-state index contributed by atoms with van der Waals surface area (Å²) >= 11 is 0.